The molecule has 4 aliphatic heterocycles. The minimum absolute atomic E-state index is 0.0844. The van der Waals surface area contributed by atoms with Gasteiger partial charge in [0.2, 0.25) is 11.8 Å². The highest BCUT2D eigenvalue weighted by Gasteiger charge is 2.71. The Labute approximate surface area is 208 Å². The van der Waals surface area contributed by atoms with Crippen molar-refractivity contribution in [1.82, 2.24) is 9.80 Å². The summed E-state index contributed by atoms with van der Waals surface area (Å²) < 4.78 is -0.908. The Morgan fingerprint density at radius 2 is 1.94 bits per heavy atom. The number of carbonyl (C=O) groups is 3. The number of carbonyl (C=O) groups excluding carboxylic acids is 3. The van der Waals surface area contributed by atoms with E-state index in [-0.39, 0.29) is 29.6 Å². The van der Waals surface area contributed by atoms with Gasteiger partial charge in [-0.05, 0) is 25.5 Å². The van der Waals surface area contributed by atoms with E-state index in [9.17, 15) is 19.5 Å². The lowest BCUT2D eigenvalue weighted by atomic mass is 9.78. The SMILES string of the molecule is Cc1cccc(Cl)c1N1CC=C[C@]23S[C@@H]4C=CCN(C)C(=O)[C@@H]4[C@H]2C(=O)N([C@H](C)CO)C3C1=O. The fraction of sp³-hybridized carbons (Fsp3) is 0.480. The van der Waals surface area contributed by atoms with Gasteiger partial charge in [-0.15, -0.1) is 11.8 Å². The lowest BCUT2D eigenvalue weighted by Crippen LogP contribution is -2.56. The number of aliphatic hydroxyl groups excluding tert-OH is 1. The maximum absolute atomic E-state index is 14.3. The second-order valence-electron chi connectivity index (χ2n) is 9.52. The molecule has 4 aliphatic rings. The molecule has 2 fully saturated rings. The van der Waals surface area contributed by atoms with E-state index in [0.717, 1.165) is 5.56 Å². The standard InChI is InChI=1S/C25H28ClN3O4S/c1-14-7-4-8-16(26)20(14)28-12-6-10-25-19(18-17(34-25)9-5-11-27(3)22(18)31)23(32)29(15(2)13-30)21(25)24(28)33/h4-10,15,17-19,21,30H,11-13H2,1-3H3/t15-,17-,18+,19+,21?,25+/m1/s1. The van der Waals surface area contributed by atoms with E-state index in [1.165, 1.54) is 16.7 Å². The number of anilines is 1. The smallest absolute Gasteiger partial charge is 0.251 e. The third-order valence-electron chi connectivity index (χ3n) is 7.50. The summed E-state index contributed by atoms with van der Waals surface area (Å²) in [5, 5.41) is 10.3. The maximum atomic E-state index is 14.3. The van der Waals surface area contributed by atoms with Gasteiger partial charge in [0.15, 0.2) is 0 Å². The minimum atomic E-state index is -0.908. The van der Waals surface area contributed by atoms with E-state index in [1.807, 2.05) is 43.4 Å². The molecule has 7 nitrogen and oxygen atoms in total. The molecule has 34 heavy (non-hydrogen) atoms. The monoisotopic (exact) mass is 501 g/mol. The first-order valence-corrected chi connectivity index (χ1v) is 12.8. The molecule has 1 spiro atoms. The van der Waals surface area contributed by atoms with Crippen LogP contribution < -0.4 is 4.90 Å². The molecule has 0 radical (unpaired) electrons. The first-order chi connectivity index (χ1) is 16.2. The molecule has 3 amide bonds. The summed E-state index contributed by atoms with van der Waals surface area (Å²) in [5.74, 6) is -1.83. The average molecular weight is 502 g/mol. The maximum Gasteiger partial charge on any atom is 0.251 e. The number of nitrogens with zero attached hydrogens (tertiary/aromatic N) is 3. The second-order valence-corrected chi connectivity index (χ2v) is 11.4. The highest BCUT2D eigenvalue weighted by molar-refractivity contribution is 8.02. The number of para-hydroxylation sites is 1. The van der Waals surface area contributed by atoms with Gasteiger partial charge in [0, 0.05) is 25.4 Å². The molecule has 0 aliphatic carbocycles. The molecule has 4 heterocycles. The van der Waals surface area contributed by atoms with Crippen molar-refractivity contribution in [3.8, 4) is 0 Å². The molecule has 0 saturated carbocycles. The van der Waals surface area contributed by atoms with Gasteiger partial charge >= 0.3 is 0 Å². The summed E-state index contributed by atoms with van der Waals surface area (Å²) in [4.78, 5) is 46.5. The van der Waals surface area contributed by atoms with Crippen molar-refractivity contribution < 1.29 is 19.5 Å². The van der Waals surface area contributed by atoms with Crippen LogP contribution in [0.15, 0.2) is 42.5 Å². The van der Waals surface area contributed by atoms with E-state index >= 15 is 0 Å². The van der Waals surface area contributed by atoms with Gasteiger partial charge in [0.05, 0.1) is 39.9 Å². The topological polar surface area (TPSA) is 81.2 Å². The van der Waals surface area contributed by atoms with Crippen molar-refractivity contribution >= 4 is 46.8 Å². The van der Waals surface area contributed by atoms with Crippen LogP contribution in [-0.4, -0.2) is 81.5 Å². The van der Waals surface area contributed by atoms with Crippen molar-refractivity contribution in [3.05, 3.63) is 53.1 Å². The highest BCUT2D eigenvalue weighted by Crippen LogP contribution is 2.61. The quantitative estimate of drug-likeness (QED) is 0.642. The summed E-state index contributed by atoms with van der Waals surface area (Å²) in [6, 6.07) is 4.06. The number of amides is 3. The number of aliphatic hydroxyl groups is 1. The van der Waals surface area contributed by atoms with Crippen LogP contribution in [0.1, 0.15) is 12.5 Å². The number of fused-ring (bicyclic) bond motifs is 2. The normalized spacial score (nSPS) is 33.6. The number of likely N-dealkylation sites (N-methyl/N-ethyl adjacent to an activating group) is 1. The summed E-state index contributed by atoms with van der Waals surface area (Å²) >= 11 is 8.07. The minimum Gasteiger partial charge on any atom is -0.394 e. The third kappa shape index (κ3) is 3.18. The predicted octanol–water partition coefficient (Wildman–Crippen LogP) is 2.26. The van der Waals surface area contributed by atoms with E-state index in [0.29, 0.717) is 23.8 Å². The predicted molar refractivity (Wildman–Crippen MR) is 133 cm³/mol. The Balaban J connectivity index is 1.67. The van der Waals surface area contributed by atoms with Crippen molar-refractivity contribution in [3.63, 3.8) is 0 Å². The lowest BCUT2D eigenvalue weighted by molar-refractivity contribution is -0.143. The van der Waals surface area contributed by atoms with Crippen LogP contribution in [0.3, 0.4) is 0 Å². The molecule has 9 heteroatoms. The highest BCUT2D eigenvalue weighted by atomic mass is 35.5. The van der Waals surface area contributed by atoms with Gasteiger partial charge < -0.3 is 19.8 Å². The van der Waals surface area contributed by atoms with Gasteiger partial charge in [-0.2, -0.15) is 0 Å². The van der Waals surface area contributed by atoms with Crippen molar-refractivity contribution in [2.75, 3.05) is 31.6 Å². The number of benzene rings is 1. The fourth-order valence-electron chi connectivity index (χ4n) is 5.93. The van der Waals surface area contributed by atoms with Gasteiger partial charge in [0.25, 0.3) is 5.91 Å². The molecule has 0 bridgehead atoms. The largest absolute Gasteiger partial charge is 0.394 e. The molecular weight excluding hydrogens is 474 g/mol. The Morgan fingerprint density at radius 3 is 2.65 bits per heavy atom. The van der Waals surface area contributed by atoms with Crippen LogP contribution in [0.5, 0.6) is 0 Å². The number of hydrogen-bond donors (Lipinski definition) is 1. The van der Waals surface area contributed by atoms with Gasteiger partial charge in [0.1, 0.15) is 6.04 Å². The van der Waals surface area contributed by atoms with Gasteiger partial charge in [-0.1, -0.05) is 48.0 Å². The molecule has 1 aromatic carbocycles. The van der Waals surface area contributed by atoms with Crippen molar-refractivity contribution in [2.24, 2.45) is 11.8 Å². The molecule has 1 unspecified atom stereocenters. The molecule has 0 aromatic heterocycles. The number of thioether (sulfide) groups is 1. The molecule has 6 atom stereocenters. The van der Waals surface area contributed by atoms with Crippen LogP contribution in [-0.2, 0) is 14.4 Å². The van der Waals surface area contributed by atoms with Gasteiger partial charge in [-0.25, -0.2) is 0 Å². The van der Waals surface area contributed by atoms with Crippen LogP contribution >= 0.6 is 23.4 Å². The Bertz CT molecular complexity index is 1100. The zero-order chi connectivity index (χ0) is 24.4. The number of aryl methyl sites for hydroxylation is 1. The van der Waals surface area contributed by atoms with Crippen LogP contribution in [0.2, 0.25) is 5.02 Å². The molecule has 180 valence electrons. The average Bonchev–Trinajstić information content (AvgIpc) is 3.14. The molecule has 5 rings (SSSR count). The molecule has 1 N–H and O–H groups in total. The van der Waals surface area contributed by atoms with Gasteiger partial charge in [-0.3, -0.25) is 14.4 Å². The summed E-state index contributed by atoms with van der Waals surface area (Å²) in [5.41, 5.74) is 1.48. The second kappa shape index (κ2) is 8.43. The number of halogens is 1. The zero-order valence-electron chi connectivity index (χ0n) is 19.3. The first kappa shape index (κ1) is 23.5. The van der Waals surface area contributed by atoms with E-state index in [4.69, 9.17) is 11.6 Å². The summed E-state index contributed by atoms with van der Waals surface area (Å²) in [6.45, 7) is 4.16. The van der Waals surface area contributed by atoms with Crippen molar-refractivity contribution in [1.29, 1.82) is 0 Å². The Morgan fingerprint density at radius 1 is 1.18 bits per heavy atom. The summed E-state index contributed by atoms with van der Waals surface area (Å²) in [7, 11) is 1.74. The van der Waals surface area contributed by atoms with E-state index < -0.39 is 28.7 Å². The van der Waals surface area contributed by atoms with E-state index in [1.54, 1.807) is 29.8 Å². The third-order valence-corrected chi connectivity index (χ3v) is 9.54. The fourth-order valence-corrected chi connectivity index (χ4v) is 8.25. The number of rotatable bonds is 3. The zero-order valence-corrected chi connectivity index (χ0v) is 20.9. The van der Waals surface area contributed by atoms with Crippen molar-refractivity contribution in [2.45, 2.75) is 35.9 Å². The molecule has 2 saturated heterocycles. The van der Waals surface area contributed by atoms with Crippen LogP contribution in [0.25, 0.3) is 0 Å². The van der Waals surface area contributed by atoms with E-state index in [2.05, 4.69) is 0 Å². The summed E-state index contributed by atoms with van der Waals surface area (Å²) in [6.07, 6.45) is 7.86. The number of likely N-dealkylation sites (tertiary alicyclic amines) is 1. The molecule has 1 aromatic rings. The Hall–Kier alpha value is -2.29. The molecular formula is C25H28ClN3O4S. The van der Waals surface area contributed by atoms with Crippen LogP contribution in [0.4, 0.5) is 5.69 Å². The Kier molecular flexibility index (Phi) is 5.81. The van der Waals surface area contributed by atoms with Crippen LogP contribution in [0, 0.1) is 18.8 Å². The number of hydrogen-bond acceptors (Lipinski definition) is 5. The first-order valence-electron chi connectivity index (χ1n) is 11.5. The lowest BCUT2D eigenvalue weighted by Gasteiger charge is -2.37.